The largest absolute Gasteiger partial charge is 0.494 e. The Morgan fingerprint density at radius 1 is 1.10 bits per heavy atom. The molecule has 1 aliphatic carbocycles. The van der Waals surface area contributed by atoms with E-state index in [1.807, 2.05) is 44.3 Å². The lowest BCUT2D eigenvalue weighted by molar-refractivity contribution is 0.0347. The molecule has 2 aromatic heterocycles. The highest BCUT2D eigenvalue weighted by molar-refractivity contribution is 7.59. The number of pyridine rings is 2. The van der Waals surface area contributed by atoms with Gasteiger partial charge in [0.15, 0.2) is 5.82 Å². The fraction of sp³-hybridized carbons (Fsp3) is 0.379. The number of unbranched alkanes of at least 4 members (excludes halogenated alkanes) is 2. The highest BCUT2D eigenvalue weighted by atomic mass is 31.2. The molecule has 1 aromatic carbocycles. The molecule has 5 N–H and O–H groups in total. The third-order valence-corrected chi connectivity index (χ3v) is 7.89. The first-order valence-electron chi connectivity index (χ1n) is 12.9. The molecule has 0 unspecified atom stereocenters. The predicted octanol–water partition coefficient (Wildman–Crippen LogP) is 5.54. The van der Waals surface area contributed by atoms with Crippen molar-refractivity contribution in [1.29, 1.82) is 0 Å². The van der Waals surface area contributed by atoms with Gasteiger partial charge in [-0.05, 0) is 92.5 Å². The summed E-state index contributed by atoms with van der Waals surface area (Å²) in [5.74, 6) is 7.44. The van der Waals surface area contributed by atoms with Crippen LogP contribution in [0.4, 0.5) is 14.6 Å². The maximum Gasteiger partial charge on any atom is 0.479 e. The van der Waals surface area contributed by atoms with Crippen LogP contribution >= 0.6 is 7.94 Å². The molecule has 3 aromatic rings. The second-order valence-electron chi connectivity index (χ2n) is 9.89. The Bertz CT molecular complexity index is 1460. The number of aryl methyl sites for hydroxylation is 3. The van der Waals surface area contributed by atoms with Gasteiger partial charge >= 0.3 is 13.6 Å². The predicted molar refractivity (Wildman–Crippen MR) is 150 cm³/mol. The zero-order valence-electron chi connectivity index (χ0n) is 22.0. The topological polar surface area (TPSA) is 122 Å². The average molecular weight is 557 g/mol. The van der Waals surface area contributed by atoms with E-state index < -0.39 is 20.0 Å². The first-order valence-corrected chi connectivity index (χ1v) is 14.5. The van der Waals surface area contributed by atoms with Gasteiger partial charge in [-0.1, -0.05) is 17.9 Å². The number of benzene rings is 1. The number of halogens is 2. The summed E-state index contributed by atoms with van der Waals surface area (Å²) in [6.07, 6.45) is 6.26. The lowest BCUT2D eigenvalue weighted by atomic mass is 9.98. The van der Waals surface area contributed by atoms with Crippen LogP contribution in [0.25, 0.3) is 17.0 Å². The number of nitrogens with zero attached hydrogens (tertiary/aromatic N) is 2. The molecule has 0 saturated heterocycles. The number of nitrogen functional groups attached to an aromatic ring is 1. The number of fused-ring (bicyclic) bond motifs is 3. The summed E-state index contributed by atoms with van der Waals surface area (Å²) in [6.45, 7) is 4.34. The third-order valence-electron chi connectivity index (χ3n) is 6.79. The van der Waals surface area contributed by atoms with E-state index in [2.05, 4.69) is 27.9 Å². The summed E-state index contributed by atoms with van der Waals surface area (Å²) in [4.78, 5) is 35.5. The van der Waals surface area contributed by atoms with Crippen molar-refractivity contribution in [2.75, 3.05) is 12.3 Å². The van der Waals surface area contributed by atoms with Gasteiger partial charge in [-0.3, -0.25) is 4.98 Å². The van der Waals surface area contributed by atoms with Crippen molar-refractivity contribution in [2.45, 2.75) is 64.5 Å². The van der Waals surface area contributed by atoms with E-state index in [1.165, 1.54) is 5.56 Å². The Balaban J connectivity index is 1.33. The number of ether oxygens (including phenoxy) is 1. The Morgan fingerprint density at radius 3 is 2.64 bits per heavy atom. The van der Waals surface area contributed by atoms with Crippen molar-refractivity contribution in [3.63, 3.8) is 0 Å². The lowest BCUT2D eigenvalue weighted by Gasteiger charge is -2.15. The molecule has 0 saturated carbocycles. The zero-order valence-corrected chi connectivity index (χ0v) is 22.9. The molecular formula is C29H33F2N3O4P+. The summed E-state index contributed by atoms with van der Waals surface area (Å²) < 4.78 is 32.5. The molecule has 206 valence electrons. The van der Waals surface area contributed by atoms with Gasteiger partial charge in [0.2, 0.25) is 0 Å². The van der Waals surface area contributed by atoms with Gasteiger partial charge in [-0.2, -0.15) is 23.5 Å². The number of allylic oxidation sites excluding steroid dienone is 1. The van der Waals surface area contributed by atoms with Crippen molar-refractivity contribution in [3.8, 4) is 17.6 Å². The Morgan fingerprint density at radius 2 is 1.90 bits per heavy atom. The highest BCUT2D eigenvalue weighted by Crippen LogP contribution is 2.62. The van der Waals surface area contributed by atoms with Gasteiger partial charge in [0, 0.05) is 23.6 Å². The minimum Gasteiger partial charge on any atom is -0.494 e. The zero-order chi connectivity index (χ0) is 28.2. The van der Waals surface area contributed by atoms with Crippen LogP contribution in [0.3, 0.4) is 0 Å². The molecule has 0 fully saturated rings. The van der Waals surface area contributed by atoms with E-state index >= 15 is 0 Å². The van der Waals surface area contributed by atoms with E-state index in [9.17, 15) is 8.78 Å². The van der Waals surface area contributed by atoms with Gasteiger partial charge < -0.3 is 10.5 Å². The van der Waals surface area contributed by atoms with Crippen molar-refractivity contribution >= 4 is 30.7 Å². The number of nitrogens with two attached hydrogens (primary N) is 1. The maximum absolute atomic E-state index is 13.4. The molecule has 0 radical (unpaired) electrons. The molecular weight excluding hydrogens is 523 g/mol. The third kappa shape index (κ3) is 7.09. The van der Waals surface area contributed by atoms with Crippen molar-refractivity contribution in [3.05, 3.63) is 64.0 Å². The summed E-state index contributed by atoms with van der Waals surface area (Å²) in [5.41, 5.74) is 9.26. The number of alkyl halides is 2. The molecule has 39 heavy (non-hydrogen) atoms. The van der Waals surface area contributed by atoms with Crippen molar-refractivity contribution in [1.82, 2.24) is 9.97 Å². The summed E-state index contributed by atoms with van der Waals surface area (Å²) in [7, 11) is -5.16. The van der Waals surface area contributed by atoms with E-state index in [0.29, 0.717) is 43.0 Å². The maximum atomic E-state index is 13.4. The van der Waals surface area contributed by atoms with Gasteiger partial charge in [-0.15, -0.1) is 0 Å². The van der Waals surface area contributed by atoms with Crippen LogP contribution in [0.5, 0.6) is 5.75 Å². The first kappa shape index (κ1) is 28.8. The van der Waals surface area contributed by atoms with Crippen LogP contribution < -0.4 is 10.5 Å². The molecule has 1 aliphatic rings. The Hall–Kier alpha value is -3.15. The van der Waals surface area contributed by atoms with E-state index in [-0.39, 0.29) is 6.42 Å². The second-order valence-corrected chi connectivity index (χ2v) is 11.7. The standard InChI is InChI=1S/C29H33F2N3O4P/c1-19-7-6-8-24-25-17-21(18-33-27(25)28(32)34-26(24)15-19)9-10-22-11-12-23(16-20(22)2)38-14-5-3-4-13-29(30,31)39(35,36)37/h11-12,15-18,35-37H,3-5,8-10,13-14H2,1-2H3,(H2,32,34)/q+1. The van der Waals surface area contributed by atoms with E-state index in [1.54, 1.807) is 0 Å². The minimum atomic E-state index is -5.16. The highest BCUT2D eigenvalue weighted by Gasteiger charge is 2.60. The molecule has 0 bridgehead atoms. The molecule has 10 heteroatoms. The molecule has 4 rings (SSSR count). The van der Waals surface area contributed by atoms with Crippen LogP contribution in [0, 0.1) is 18.8 Å². The molecule has 0 spiro atoms. The average Bonchev–Trinajstić information content (AvgIpc) is 3.05. The summed E-state index contributed by atoms with van der Waals surface area (Å²) in [6, 6.07) is 8.03. The molecule has 7 nitrogen and oxygen atoms in total. The number of hydrogen-bond acceptors (Lipinski definition) is 7. The molecule has 0 aliphatic heterocycles. The number of anilines is 1. The number of rotatable bonds is 11. The van der Waals surface area contributed by atoms with Crippen LogP contribution in [-0.2, 0) is 19.3 Å². The van der Waals surface area contributed by atoms with Crippen LogP contribution in [0.2, 0.25) is 0 Å². The number of aromatic nitrogens is 2. The fourth-order valence-corrected chi connectivity index (χ4v) is 5.02. The van der Waals surface area contributed by atoms with E-state index in [0.717, 1.165) is 46.2 Å². The summed E-state index contributed by atoms with van der Waals surface area (Å²) >= 11 is 0. The molecule has 0 amide bonds. The summed E-state index contributed by atoms with van der Waals surface area (Å²) in [5, 5.41) is 0.990. The van der Waals surface area contributed by atoms with Crippen molar-refractivity contribution < 1.29 is 28.2 Å². The molecule has 0 atom stereocenters. The van der Waals surface area contributed by atoms with Gasteiger partial charge in [0.25, 0.3) is 0 Å². The van der Waals surface area contributed by atoms with Crippen molar-refractivity contribution in [2.24, 2.45) is 0 Å². The van der Waals surface area contributed by atoms with E-state index in [4.69, 9.17) is 25.2 Å². The Labute approximate surface area is 227 Å². The quantitative estimate of drug-likeness (QED) is 0.139. The van der Waals surface area contributed by atoms with Gasteiger partial charge in [0.05, 0.1) is 18.7 Å². The van der Waals surface area contributed by atoms with Gasteiger partial charge in [0.1, 0.15) is 11.3 Å². The SMILES string of the molecule is CC1=Cc2nc(N)c3ncc(CCc4ccc(OCCCCCC(F)(F)[P+](O)(O)O)cc4C)cc3c2CC#C1. The van der Waals surface area contributed by atoms with Crippen LogP contribution in [-0.4, -0.2) is 36.9 Å². The van der Waals surface area contributed by atoms with Crippen LogP contribution in [0.15, 0.2) is 36.0 Å². The minimum absolute atomic E-state index is 0.0526. The molecule has 2 heterocycles. The smallest absolute Gasteiger partial charge is 0.479 e. The monoisotopic (exact) mass is 556 g/mol. The van der Waals surface area contributed by atoms with Crippen LogP contribution in [0.1, 0.15) is 60.6 Å². The Kier molecular flexibility index (Phi) is 8.83. The first-order chi connectivity index (χ1) is 18.4. The fourth-order valence-electron chi connectivity index (χ4n) is 4.56. The number of hydrogen-bond donors (Lipinski definition) is 4. The van der Waals surface area contributed by atoms with Gasteiger partial charge in [-0.25, -0.2) is 4.98 Å². The second kappa shape index (κ2) is 11.9. The normalized spacial score (nSPS) is 13.4. The lowest BCUT2D eigenvalue weighted by Crippen LogP contribution is -2.20.